The standard InChI is InChI=1S/C19H35N5O.HI/c1-4-20-19(24-14-16-25-15-10-17(2)3)23-13-8-7-12-22-18-9-5-6-11-21-18;/h5-6,9,11,17H,4,7-8,10,12-16H2,1-3H3,(H,21,22)(H2,20,23,24);1H. The third-order valence-corrected chi connectivity index (χ3v) is 3.55. The van der Waals surface area contributed by atoms with E-state index in [0.717, 1.165) is 63.8 Å². The fraction of sp³-hybridized carbons (Fsp3) is 0.684. The first kappa shape index (κ1) is 24.9. The topological polar surface area (TPSA) is 70.6 Å². The SMILES string of the molecule is CCNC(=NCCCCNc1ccccn1)NCCOCCC(C)C.I. The lowest BCUT2D eigenvalue weighted by atomic mass is 10.1. The summed E-state index contributed by atoms with van der Waals surface area (Å²) in [6, 6.07) is 5.89. The Morgan fingerprint density at radius 1 is 1.15 bits per heavy atom. The summed E-state index contributed by atoms with van der Waals surface area (Å²) < 4.78 is 5.61. The number of pyridine rings is 1. The molecule has 0 bridgehead atoms. The zero-order chi connectivity index (χ0) is 18.2. The first-order valence-electron chi connectivity index (χ1n) is 9.47. The third-order valence-electron chi connectivity index (χ3n) is 3.55. The van der Waals surface area contributed by atoms with Gasteiger partial charge in [0.15, 0.2) is 5.96 Å². The molecule has 0 saturated carbocycles. The zero-order valence-corrected chi connectivity index (χ0v) is 18.8. The molecule has 3 N–H and O–H groups in total. The maximum Gasteiger partial charge on any atom is 0.191 e. The van der Waals surface area contributed by atoms with Crippen molar-refractivity contribution in [3.05, 3.63) is 24.4 Å². The summed E-state index contributed by atoms with van der Waals surface area (Å²) in [7, 11) is 0. The van der Waals surface area contributed by atoms with Crippen LogP contribution in [-0.2, 0) is 4.74 Å². The van der Waals surface area contributed by atoms with Crippen molar-refractivity contribution < 1.29 is 4.74 Å². The van der Waals surface area contributed by atoms with Crippen molar-refractivity contribution >= 4 is 35.8 Å². The molecule has 0 amide bonds. The van der Waals surface area contributed by atoms with Gasteiger partial charge in [0.2, 0.25) is 0 Å². The largest absolute Gasteiger partial charge is 0.380 e. The summed E-state index contributed by atoms with van der Waals surface area (Å²) in [5.74, 6) is 2.49. The van der Waals surface area contributed by atoms with E-state index in [0.29, 0.717) is 12.5 Å². The third kappa shape index (κ3) is 14.1. The number of anilines is 1. The van der Waals surface area contributed by atoms with Crippen LogP contribution in [0.15, 0.2) is 29.4 Å². The highest BCUT2D eigenvalue weighted by Gasteiger charge is 1.98. The van der Waals surface area contributed by atoms with E-state index in [1.54, 1.807) is 6.20 Å². The molecule has 0 aliphatic carbocycles. The Morgan fingerprint density at radius 3 is 2.69 bits per heavy atom. The van der Waals surface area contributed by atoms with Crippen LogP contribution < -0.4 is 16.0 Å². The first-order chi connectivity index (χ1) is 12.2. The Kier molecular flexibility index (Phi) is 16.6. The molecule has 6 nitrogen and oxygen atoms in total. The van der Waals surface area contributed by atoms with E-state index in [-0.39, 0.29) is 24.0 Å². The minimum atomic E-state index is 0. The Bertz CT molecular complexity index is 457. The number of halogens is 1. The van der Waals surface area contributed by atoms with E-state index in [1.165, 1.54) is 0 Å². The number of nitrogens with zero attached hydrogens (tertiary/aromatic N) is 2. The fourth-order valence-electron chi connectivity index (χ4n) is 2.12. The number of hydrogen-bond acceptors (Lipinski definition) is 4. The van der Waals surface area contributed by atoms with Crippen molar-refractivity contribution in [2.75, 3.05) is 44.7 Å². The van der Waals surface area contributed by atoms with Gasteiger partial charge in [-0.3, -0.25) is 4.99 Å². The van der Waals surface area contributed by atoms with Gasteiger partial charge in [-0.1, -0.05) is 19.9 Å². The molecule has 0 spiro atoms. The molecular weight excluding hydrogens is 441 g/mol. The maximum absolute atomic E-state index is 5.61. The Morgan fingerprint density at radius 2 is 2.00 bits per heavy atom. The van der Waals surface area contributed by atoms with Crippen LogP contribution in [0.5, 0.6) is 0 Å². The van der Waals surface area contributed by atoms with Gasteiger partial charge in [-0.25, -0.2) is 4.98 Å². The summed E-state index contributed by atoms with van der Waals surface area (Å²) in [4.78, 5) is 8.84. The average Bonchev–Trinajstić information content (AvgIpc) is 2.61. The first-order valence-corrected chi connectivity index (χ1v) is 9.47. The lowest BCUT2D eigenvalue weighted by Crippen LogP contribution is -2.39. The van der Waals surface area contributed by atoms with Crippen LogP contribution in [-0.4, -0.2) is 50.3 Å². The Labute approximate surface area is 176 Å². The van der Waals surface area contributed by atoms with Crippen LogP contribution in [0.3, 0.4) is 0 Å². The van der Waals surface area contributed by atoms with Gasteiger partial charge >= 0.3 is 0 Å². The Balaban J connectivity index is 0.00000625. The van der Waals surface area contributed by atoms with Crippen molar-refractivity contribution in [1.82, 2.24) is 15.6 Å². The summed E-state index contributed by atoms with van der Waals surface area (Å²) in [5, 5.41) is 9.89. The smallest absolute Gasteiger partial charge is 0.191 e. The summed E-state index contributed by atoms with van der Waals surface area (Å²) in [6.45, 7) is 11.4. The average molecular weight is 477 g/mol. The van der Waals surface area contributed by atoms with Crippen LogP contribution >= 0.6 is 24.0 Å². The van der Waals surface area contributed by atoms with Gasteiger partial charge in [0.25, 0.3) is 0 Å². The normalized spacial score (nSPS) is 11.2. The van der Waals surface area contributed by atoms with Gasteiger partial charge in [-0.15, -0.1) is 24.0 Å². The Hall–Kier alpha value is -1.09. The van der Waals surface area contributed by atoms with E-state index in [4.69, 9.17) is 4.74 Å². The lowest BCUT2D eigenvalue weighted by molar-refractivity contribution is 0.128. The number of guanidine groups is 1. The van der Waals surface area contributed by atoms with Crippen LogP contribution in [0.1, 0.15) is 40.0 Å². The van der Waals surface area contributed by atoms with Gasteiger partial charge in [0, 0.05) is 39.0 Å². The van der Waals surface area contributed by atoms with E-state index in [1.807, 2.05) is 18.2 Å². The van der Waals surface area contributed by atoms with Gasteiger partial charge in [-0.05, 0) is 44.2 Å². The van der Waals surface area contributed by atoms with Crippen molar-refractivity contribution in [3.8, 4) is 0 Å². The maximum atomic E-state index is 5.61. The highest BCUT2D eigenvalue weighted by Crippen LogP contribution is 2.00. The van der Waals surface area contributed by atoms with Gasteiger partial charge in [0.1, 0.15) is 5.82 Å². The van der Waals surface area contributed by atoms with E-state index >= 15 is 0 Å². The number of rotatable bonds is 13. The van der Waals surface area contributed by atoms with Crippen molar-refractivity contribution in [2.24, 2.45) is 10.9 Å². The molecule has 26 heavy (non-hydrogen) atoms. The number of nitrogens with one attached hydrogen (secondary N) is 3. The molecule has 1 aromatic heterocycles. The molecular formula is C19H36IN5O. The molecule has 0 radical (unpaired) electrons. The highest BCUT2D eigenvalue weighted by atomic mass is 127. The van der Waals surface area contributed by atoms with Crippen molar-refractivity contribution in [2.45, 2.75) is 40.0 Å². The van der Waals surface area contributed by atoms with Crippen molar-refractivity contribution in [1.29, 1.82) is 0 Å². The van der Waals surface area contributed by atoms with Crippen LogP contribution in [0.25, 0.3) is 0 Å². The minimum absolute atomic E-state index is 0. The number of aromatic nitrogens is 1. The quantitative estimate of drug-likeness (QED) is 0.176. The predicted octanol–water partition coefficient (Wildman–Crippen LogP) is 3.51. The van der Waals surface area contributed by atoms with Crippen LogP contribution in [0.2, 0.25) is 0 Å². The molecule has 150 valence electrons. The zero-order valence-electron chi connectivity index (χ0n) is 16.5. The molecule has 7 heteroatoms. The van der Waals surface area contributed by atoms with E-state index in [9.17, 15) is 0 Å². The fourth-order valence-corrected chi connectivity index (χ4v) is 2.12. The van der Waals surface area contributed by atoms with E-state index < -0.39 is 0 Å². The molecule has 0 unspecified atom stereocenters. The lowest BCUT2D eigenvalue weighted by Gasteiger charge is -2.12. The van der Waals surface area contributed by atoms with Crippen LogP contribution in [0.4, 0.5) is 5.82 Å². The van der Waals surface area contributed by atoms with Gasteiger partial charge in [0.05, 0.1) is 6.61 Å². The molecule has 0 fully saturated rings. The second kappa shape index (κ2) is 17.3. The minimum Gasteiger partial charge on any atom is -0.380 e. The summed E-state index contributed by atoms with van der Waals surface area (Å²) >= 11 is 0. The number of hydrogen-bond donors (Lipinski definition) is 3. The number of unbranched alkanes of at least 4 members (excludes halogenated alkanes) is 1. The molecule has 0 atom stereocenters. The van der Waals surface area contributed by atoms with E-state index in [2.05, 4.69) is 46.7 Å². The van der Waals surface area contributed by atoms with Gasteiger partial charge < -0.3 is 20.7 Å². The highest BCUT2D eigenvalue weighted by molar-refractivity contribution is 14.0. The van der Waals surface area contributed by atoms with Crippen LogP contribution in [0, 0.1) is 5.92 Å². The molecule has 0 aromatic carbocycles. The molecule has 0 aliphatic rings. The molecule has 0 saturated heterocycles. The van der Waals surface area contributed by atoms with Crippen molar-refractivity contribution in [3.63, 3.8) is 0 Å². The molecule has 0 aliphatic heterocycles. The molecule has 1 heterocycles. The number of ether oxygens (including phenoxy) is 1. The second-order valence-electron chi connectivity index (χ2n) is 6.33. The number of aliphatic imine (C=N–C) groups is 1. The monoisotopic (exact) mass is 477 g/mol. The summed E-state index contributed by atoms with van der Waals surface area (Å²) in [5.41, 5.74) is 0. The summed E-state index contributed by atoms with van der Waals surface area (Å²) in [6.07, 6.45) is 5.02. The second-order valence-corrected chi connectivity index (χ2v) is 6.33. The predicted molar refractivity (Wildman–Crippen MR) is 122 cm³/mol. The molecule has 1 aromatic rings. The molecule has 1 rings (SSSR count). The van der Waals surface area contributed by atoms with Gasteiger partial charge in [-0.2, -0.15) is 0 Å².